The molecular weight excluding hydrogens is 655 g/mol. The monoisotopic (exact) mass is 695 g/mol. The second kappa shape index (κ2) is 11.6. The fourth-order valence-electron chi connectivity index (χ4n) is 11.9. The van der Waals surface area contributed by atoms with E-state index in [9.17, 15) is 0 Å². The van der Waals surface area contributed by atoms with Crippen molar-refractivity contribution in [2.75, 3.05) is 4.90 Å². The predicted octanol–water partition coefficient (Wildman–Crippen LogP) is 14.1. The molecule has 7 aromatic carbocycles. The number of fused-ring (bicyclic) bond motifs is 6. The van der Waals surface area contributed by atoms with Crippen LogP contribution in [-0.2, 0) is 5.41 Å². The zero-order valence-electron chi connectivity index (χ0n) is 30.3. The maximum Gasteiger partial charge on any atom is 0.159 e. The molecule has 2 nitrogen and oxygen atoms in total. The molecule has 0 N–H and O–H groups in total. The quantitative estimate of drug-likeness (QED) is 0.178. The number of hydrogen-bond acceptors (Lipinski definition) is 2. The molecule has 0 unspecified atom stereocenters. The summed E-state index contributed by atoms with van der Waals surface area (Å²) in [5.41, 5.74) is 16.3. The summed E-state index contributed by atoms with van der Waals surface area (Å²) in [7, 11) is 0. The number of para-hydroxylation sites is 2. The van der Waals surface area contributed by atoms with Crippen molar-refractivity contribution >= 4 is 39.0 Å². The van der Waals surface area contributed by atoms with Crippen molar-refractivity contribution in [3.8, 4) is 33.4 Å². The van der Waals surface area contributed by atoms with Gasteiger partial charge in [0.2, 0.25) is 0 Å². The molecule has 2 heteroatoms. The minimum atomic E-state index is 0.0856. The van der Waals surface area contributed by atoms with Gasteiger partial charge in [-0.15, -0.1) is 0 Å². The third-order valence-corrected chi connectivity index (χ3v) is 13.9. The van der Waals surface area contributed by atoms with E-state index in [2.05, 4.69) is 169 Å². The molecule has 13 rings (SSSR count). The van der Waals surface area contributed by atoms with Gasteiger partial charge in [-0.05, 0) is 143 Å². The van der Waals surface area contributed by atoms with E-state index in [4.69, 9.17) is 4.42 Å². The van der Waals surface area contributed by atoms with Crippen LogP contribution in [0.15, 0.2) is 168 Å². The Kier molecular flexibility index (Phi) is 6.55. The first kappa shape index (κ1) is 30.6. The van der Waals surface area contributed by atoms with Crippen LogP contribution in [0.5, 0.6) is 0 Å². The van der Waals surface area contributed by atoms with E-state index in [1.54, 1.807) is 11.1 Å². The van der Waals surface area contributed by atoms with Gasteiger partial charge in [0.25, 0.3) is 0 Å². The molecule has 4 bridgehead atoms. The summed E-state index contributed by atoms with van der Waals surface area (Å²) in [6, 6.07) is 60.7. The number of nitrogens with zero attached hydrogens (tertiary/aromatic N) is 1. The molecule has 0 radical (unpaired) electrons. The Bertz CT molecular complexity index is 2690. The largest absolute Gasteiger partial charge is 0.454 e. The Balaban J connectivity index is 1.07. The maximum absolute atomic E-state index is 6.72. The number of rotatable bonds is 5. The summed E-state index contributed by atoms with van der Waals surface area (Å²) in [5.74, 6) is 3.22. The molecule has 54 heavy (non-hydrogen) atoms. The predicted molar refractivity (Wildman–Crippen MR) is 223 cm³/mol. The van der Waals surface area contributed by atoms with Crippen molar-refractivity contribution in [3.05, 3.63) is 175 Å². The number of benzene rings is 7. The highest BCUT2D eigenvalue weighted by molar-refractivity contribution is 6.10. The van der Waals surface area contributed by atoms with Crippen LogP contribution in [0.3, 0.4) is 0 Å². The zero-order valence-corrected chi connectivity index (χ0v) is 30.3. The van der Waals surface area contributed by atoms with Crippen LogP contribution in [0.2, 0.25) is 0 Å². The van der Waals surface area contributed by atoms with E-state index in [1.807, 2.05) is 0 Å². The Hall–Kier alpha value is -5.86. The van der Waals surface area contributed by atoms with Gasteiger partial charge in [-0.25, -0.2) is 0 Å². The lowest BCUT2D eigenvalue weighted by atomic mass is 9.43. The minimum absolute atomic E-state index is 0.0856. The normalized spacial score (nSPS) is 23.3. The Morgan fingerprint density at radius 1 is 0.444 bits per heavy atom. The van der Waals surface area contributed by atoms with Gasteiger partial charge >= 0.3 is 0 Å². The summed E-state index contributed by atoms with van der Waals surface area (Å²) in [6.45, 7) is 0. The zero-order chi connectivity index (χ0) is 35.4. The maximum atomic E-state index is 6.72. The SMILES string of the molecule is c1ccc(-c2ccc(N(c3ccc4c(c3)-c3ccc(-c5ccccc5)cc3C43C4CC5CC(C4)CC3C5)c3cccc4c3oc3ccccc34)cc2)cc1. The molecule has 8 aromatic rings. The Morgan fingerprint density at radius 2 is 1.06 bits per heavy atom. The summed E-state index contributed by atoms with van der Waals surface area (Å²) >= 11 is 0. The molecule has 4 fully saturated rings. The van der Waals surface area contributed by atoms with Crippen molar-refractivity contribution < 1.29 is 4.42 Å². The van der Waals surface area contributed by atoms with E-state index < -0.39 is 0 Å². The van der Waals surface area contributed by atoms with Gasteiger partial charge in [0.1, 0.15) is 5.58 Å². The summed E-state index contributed by atoms with van der Waals surface area (Å²) in [5, 5.41) is 2.29. The molecule has 0 saturated heterocycles. The summed E-state index contributed by atoms with van der Waals surface area (Å²) in [6.07, 6.45) is 6.94. The van der Waals surface area contributed by atoms with E-state index in [0.29, 0.717) is 11.8 Å². The van der Waals surface area contributed by atoms with E-state index in [1.165, 1.54) is 65.5 Å². The lowest BCUT2D eigenvalue weighted by molar-refractivity contribution is -0.0399. The van der Waals surface area contributed by atoms with Crippen molar-refractivity contribution in [1.82, 2.24) is 0 Å². The van der Waals surface area contributed by atoms with Gasteiger partial charge in [-0.3, -0.25) is 0 Å². The van der Waals surface area contributed by atoms with E-state index in [0.717, 1.165) is 50.8 Å². The van der Waals surface area contributed by atoms with Gasteiger partial charge in [0.05, 0.1) is 5.69 Å². The molecular formula is C52H41NO. The molecule has 0 amide bonds. The van der Waals surface area contributed by atoms with Crippen molar-refractivity contribution in [2.24, 2.45) is 23.7 Å². The van der Waals surface area contributed by atoms with Gasteiger partial charge in [0, 0.05) is 27.6 Å². The fourth-order valence-corrected chi connectivity index (χ4v) is 11.9. The first-order valence-corrected chi connectivity index (χ1v) is 19.9. The lowest BCUT2D eigenvalue weighted by Gasteiger charge is -2.61. The topological polar surface area (TPSA) is 16.4 Å². The third-order valence-electron chi connectivity index (χ3n) is 13.9. The van der Waals surface area contributed by atoms with Crippen molar-refractivity contribution in [3.63, 3.8) is 0 Å². The Labute approximate surface area is 316 Å². The van der Waals surface area contributed by atoms with Crippen LogP contribution in [0, 0.1) is 23.7 Å². The second-order valence-corrected chi connectivity index (χ2v) is 16.5. The van der Waals surface area contributed by atoms with Crippen LogP contribution in [0.25, 0.3) is 55.3 Å². The molecule has 260 valence electrons. The minimum Gasteiger partial charge on any atom is -0.454 e. The number of hydrogen-bond donors (Lipinski definition) is 0. The third kappa shape index (κ3) is 4.34. The second-order valence-electron chi connectivity index (χ2n) is 16.5. The number of anilines is 3. The molecule has 5 aliphatic rings. The fraction of sp³-hybridized carbons (Fsp3) is 0.192. The van der Waals surface area contributed by atoms with Crippen molar-refractivity contribution in [1.29, 1.82) is 0 Å². The average Bonchev–Trinajstić information content (AvgIpc) is 3.75. The van der Waals surface area contributed by atoms with Crippen LogP contribution in [-0.4, -0.2) is 0 Å². The highest BCUT2D eigenvalue weighted by Gasteiger charge is 2.61. The van der Waals surface area contributed by atoms with Gasteiger partial charge in [0.15, 0.2) is 5.58 Å². The average molecular weight is 696 g/mol. The van der Waals surface area contributed by atoms with Crippen molar-refractivity contribution in [2.45, 2.75) is 37.5 Å². The van der Waals surface area contributed by atoms with Gasteiger partial charge in [-0.1, -0.05) is 121 Å². The Morgan fingerprint density at radius 3 is 1.80 bits per heavy atom. The molecule has 1 heterocycles. The van der Waals surface area contributed by atoms with E-state index >= 15 is 0 Å². The highest BCUT2D eigenvalue weighted by Crippen LogP contribution is 2.70. The summed E-state index contributed by atoms with van der Waals surface area (Å²) < 4.78 is 6.72. The standard InChI is InChI=1S/C52H41NO/c1-3-10-35(11-4-1)37-18-21-41(22-19-37)53(49-16-9-15-45-44-14-7-8-17-50(44)54-51(45)49)42-23-25-47-46(32-42)43-24-20-38(36-12-5-2-6-13-36)31-48(43)52(47)39-27-33-26-34(29-39)30-40(52)28-33/h1-25,31-34,39-40H,26-30H2. The van der Waals surface area contributed by atoms with Crippen LogP contribution >= 0.6 is 0 Å². The van der Waals surface area contributed by atoms with Crippen LogP contribution in [0.1, 0.15) is 43.2 Å². The first-order chi connectivity index (χ1) is 26.7. The first-order valence-electron chi connectivity index (χ1n) is 19.9. The van der Waals surface area contributed by atoms with Gasteiger partial charge in [-0.2, -0.15) is 0 Å². The lowest BCUT2D eigenvalue weighted by Crippen LogP contribution is -2.55. The van der Waals surface area contributed by atoms with E-state index in [-0.39, 0.29) is 5.41 Å². The van der Waals surface area contributed by atoms with Crippen LogP contribution in [0.4, 0.5) is 17.1 Å². The molecule has 4 saturated carbocycles. The van der Waals surface area contributed by atoms with Crippen LogP contribution < -0.4 is 4.90 Å². The molecule has 1 aromatic heterocycles. The van der Waals surface area contributed by atoms with Gasteiger partial charge < -0.3 is 9.32 Å². The molecule has 1 spiro atoms. The molecule has 0 aliphatic heterocycles. The smallest absolute Gasteiger partial charge is 0.159 e. The summed E-state index contributed by atoms with van der Waals surface area (Å²) in [4.78, 5) is 2.43. The highest BCUT2D eigenvalue weighted by atomic mass is 16.3. The molecule has 0 atom stereocenters. The number of furan rings is 1. The molecule has 5 aliphatic carbocycles.